The minimum absolute atomic E-state index is 0.186. The molecule has 0 saturated carbocycles. The molecule has 0 unspecified atom stereocenters. The van der Waals surface area contributed by atoms with Gasteiger partial charge in [-0.2, -0.15) is 0 Å². The van der Waals surface area contributed by atoms with Crippen LogP contribution in [0.1, 0.15) is 6.85 Å². The van der Waals surface area contributed by atoms with Gasteiger partial charge in [0.15, 0.2) is 0 Å². The first-order valence-corrected chi connectivity index (χ1v) is 16.8. The van der Waals surface area contributed by atoms with E-state index >= 15 is 0 Å². The van der Waals surface area contributed by atoms with Gasteiger partial charge < -0.3 is 4.90 Å². The smallest absolute Gasteiger partial charge is 0.0629 e. The topological polar surface area (TPSA) is 3.24 Å². The third kappa shape index (κ3) is 5.04. The number of fused-ring (bicyclic) bond motifs is 4. The van der Waals surface area contributed by atoms with Crippen molar-refractivity contribution in [2.24, 2.45) is 0 Å². The third-order valence-corrected chi connectivity index (χ3v) is 10.2. The fraction of sp³-hybridized carbons (Fsp3) is 0. The second kappa shape index (κ2) is 12.0. The molecule has 9 rings (SSSR count). The second-order valence-electron chi connectivity index (χ2n) is 11.8. The van der Waals surface area contributed by atoms with Crippen LogP contribution in [0.3, 0.4) is 0 Å². The first kappa shape index (κ1) is 23.4. The van der Waals surface area contributed by atoms with Crippen molar-refractivity contribution >= 4 is 59.3 Å². The Hall–Kier alpha value is -5.96. The van der Waals surface area contributed by atoms with Gasteiger partial charge in [0.05, 0.1) is 6.85 Å². The highest BCUT2D eigenvalue weighted by atomic mass is 32.1. The molecular formula is C46H31NS. The maximum absolute atomic E-state index is 8.56. The van der Waals surface area contributed by atoms with Gasteiger partial charge in [-0.15, -0.1) is 11.3 Å². The van der Waals surface area contributed by atoms with E-state index in [4.69, 9.17) is 6.85 Å². The van der Waals surface area contributed by atoms with Crippen molar-refractivity contribution < 1.29 is 6.85 Å². The van der Waals surface area contributed by atoms with E-state index in [1.54, 1.807) is 0 Å². The van der Waals surface area contributed by atoms with Crippen molar-refractivity contribution in [2.45, 2.75) is 0 Å². The van der Waals surface area contributed by atoms with Crippen LogP contribution in [0.2, 0.25) is 0 Å². The molecule has 0 atom stereocenters. The zero-order valence-corrected chi connectivity index (χ0v) is 26.7. The average Bonchev–Trinajstić information content (AvgIpc) is 3.59. The summed E-state index contributed by atoms with van der Waals surface area (Å²) in [4.78, 5) is 2.22. The van der Waals surface area contributed by atoms with E-state index in [0.29, 0.717) is 5.56 Å². The summed E-state index contributed by atoms with van der Waals surface area (Å²) in [7, 11) is 0. The Labute approximate surface area is 291 Å². The Morgan fingerprint density at radius 3 is 1.81 bits per heavy atom. The summed E-state index contributed by atoms with van der Waals surface area (Å²) in [5.41, 5.74) is 8.05. The Bertz CT molecular complexity index is 2830. The standard InChI is InChI=1S/C46H31NS/c1-2-12-32(13-3-1)33-26-28-37(29-27-33)47(38-18-8-16-35(30-38)41-22-10-15-34-14-4-5-20-40(34)41)39-19-9-17-36(31-39)42-23-11-24-44-43-21-6-7-25-45(43)48-46(42)44/h1-31H/i1D,2D,3D,12D,13D. The van der Waals surface area contributed by atoms with E-state index in [1.165, 1.54) is 36.5 Å². The van der Waals surface area contributed by atoms with Gasteiger partial charge in [-0.1, -0.05) is 145 Å². The van der Waals surface area contributed by atoms with Crippen LogP contribution in [0.15, 0.2) is 188 Å². The van der Waals surface area contributed by atoms with Crippen LogP contribution < -0.4 is 4.90 Å². The van der Waals surface area contributed by atoms with Crippen LogP contribution in [0, 0.1) is 0 Å². The van der Waals surface area contributed by atoms with E-state index < -0.39 is 6.04 Å². The molecule has 8 aromatic carbocycles. The van der Waals surface area contributed by atoms with Crippen LogP contribution in [-0.2, 0) is 0 Å². The normalized spacial score (nSPS) is 12.8. The molecule has 0 radical (unpaired) electrons. The first-order chi connectivity index (χ1) is 25.9. The van der Waals surface area contributed by atoms with Crippen LogP contribution in [0.5, 0.6) is 0 Å². The Balaban J connectivity index is 1.21. The van der Waals surface area contributed by atoms with Crippen LogP contribution in [0.25, 0.3) is 64.3 Å². The van der Waals surface area contributed by atoms with E-state index in [2.05, 4.69) is 138 Å². The highest BCUT2D eigenvalue weighted by Crippen LogP contribution is 2.43. The van der Waals surface area contributed by atoms with Crippen LogP contribution in [-0.4, -0.2) is 0 Å². The first-order valence-electron chi connectivity index (χ1n) is 18.4. The summed E-state index contributed by atoms with van der Waals surface area (Å²) in [6.45, 7) is 0. The van der Waals surface area contributed by atoms with Crippen LogP contribution >= 0.6 is 11.3 Å². The largest absolute Gasteiger partial charge is 0.310 e. The minimum Gasteiger partial charge on any atom is -0.310 e. The number of benzene rings is 8. The van der Waals surface area contributed by atoms with Gasteiger partial charge in [0.2, 0.25) is 0 Å². The van der Waals surface area contributed by atoms with E-state index in [-0.39, 0.29) is 29.7 Å². The molecule has 1 nitrogen and oxygen atoms in total. The third-order valence-electron chi connectivity index (χ3n) is 8.94. The lowest BCUT2D eigenvalue weighted by Gasteiger charge is -2.27. The number of anilines is 3. The van der Waals surface area contributed by atoms with Crippen molar-refractivity contribution in [3.63, 3.8) is 0 Å². The fourth-order valence-electron chi connectivity index (χ4n) is 6.70. The number of thiophene rings is 1. The quantitative estimate of drug-likeness (QED) is 0.176. The van der Waals surface area contributed by atoms with Gasteiger partial charge in [0.25, 0.3) is 0 Å². The molecule has 48 heavy (non-hydrogen) atoms. The predicted octanol–water partition coefficient (Wildman–Crippen LogP) is 13.7. The molecule has 1 aromatic heterocycles. The summed E-state index contributed by atoms with van der Waals surface area (Å²) in [5, 5.41) is 4.87. The zero-order valence-electron chi connectivity index (χ0n) is 30.9. The Morgan fingerprint density at radius 1 is 0.417 bits per heavy atom. The highest BCUT2D eigenvalue weighted by Gasteiger charge is 2.17. The van der Waals surface area contributed by atoms with Crippen molar-refractivity contribution in [3.05, 3.63) is 188 Å². The highest BCUT2D eigenvalue weighted by molar-refractivity contribution is 7.26. The molecule has 0 aliphatic carbocycles. The lowest BCUT2D eigenvalue weighted by molar-refractivity contribution is 1.28. The zero-order chi connectivity index (χ0) is 36.2. The molecule has 0 aliphatic rings. The van der Waals surface area contributed by atoms with Crippen molar-refractivity contribution in [3.8, 4) is 33.4 Å². The second-order valence-corrected chi connectivity index (χ2v) is 12.8. The number of nitrogens with zero attached hydrogens (tertiary/aromatic N) is 1. The molecule has 0 amide bonds. The monoisotopic (exact) mass is 634 g/mol. The van der Waals surface area contributed by atoms with Gasteiger partial charge in [-0.05, 0) is 86.6 Å². The maximum Gasteiger partial charge on any atom is 0.0629 e. The van der Waals surface area contributed by atoms with Crippen molar-refractivity contribution in [2.75, 3.05) is 4.90 Å². The molecular weight excluding hydrogens is 599 g/mol. The van der Waals surface area contributed by atoms with Crippen molar-refractivity contribution in [1.82, 2.24) is 0 Å². The lowest BCUT2D eigenvalue weighted by atomic mass is 9.97. The molecule has 9 aromatic rings. The molecule has 1 heterocycles. The lowest BCUT2D eigenvalue weighted by Crippen LogP contribution is -2.10. The van der Waals surface area contributed by atoms with Gasteiger partial charge >= 0.3 is 0 Å². The SMILES string of the molecule is [2H]c1c([2H])c([2H])c(-c2ccc(N(c3cccc(-c4cccc5ccccc45)c3)c3cccc(-c4cccc5c4sc4ccccc45)c3)cc2)c([2H])c1[2H]. The van der Waals surface area contributed by atoms with Crippen molar-refractivity contribution in [1.29, 1.82) is 0 Å². The summed E-state index contributed by atoms with van der Waals surface area (Å²) in [6, 6.07) is 53.1. The summed E-state index contributed by atoms with van der Waals surface area (Å²) in [6.07, 6.45) is 0. The predicted molar refractivity (Wildman–Crippen MR) is 208 cm³/mol. The summed E-state index contributed by atoms with van der Waals surface area (Å²) < 4.78 is 44.1. The van der Waals surface area contributed by atoms with Gasteiger partial charge in [-0.25, -0.2) is 0 Å². The number of hydrogen-bond donors (Lipinski definition) is 0. The molecule has 0 saturated heterocycles. The Kier molecular flexibility index (Phi) is 5.84. The molecule has 0 aliphatic heterocycles. The van der Waals surface area contributed by atoms with E-state index in [1.807, 2.05) is 35.6 Å². The van der Waals surface area contributed by atoms with Gasteiger partial charge in [-0.3, -0.25) is 0 Å². The minimum atomic E-state index is -0.399. The van der Waals surface area contributed by atoms with Gasteiger partial charge in [0, 0.05) is 37.2 Å². The molecule has 0 N–H and O–H groups in total. The average molecular weight is 635 g/mol. The molecule has 2 heteroatoms. The van der Waals surface area contributed by atoms with E-state index in [0.717, 1.165) is 33.8 Å². The maximum atomic E-state index is 8.56. The van der Waals surface area contributed by atoms with Crippen LogP contribution in [0.4, 0.5) is 17.1 Å². The molecule has 226 valence electrons. The number of rotatable bonds is 6. The van der Waals surface area contributed by atoms with Gasteiger partial charge in [0.1, 0.15) is 0 Å². The Morgan fingerprint density at radius 2 is 1.02 bits per heavy atom. The molecule has 0 fully saturated rings. The summed E-state index contributed by atoms with van der Waals surface area (Å²) in [5.74, 6) is 0. The summed E-state index contributed by atoms with van der Waals surface area (Å²) >= 11 is 1.81. The number of hydrogen-bond acceptors (Lipinski definition) is 2. The molecule has 0 bridgehead atoms. The fourth-order valence-corrected chi connectivity index (χ4v) is 7.93. The van der Waals surface area contributed by atoms with E-state index in [9.17, 15) is 0 Å². The molecule has 0 spiro atoms.